The number of aliphatic imine (C=N–C) groups is 1. The molecule has 0 aromatic heterocycles. The van der Waals surface area contributed by atoms with Crippen molar-refractivity contribution >= 4 is 12.2 Å². The van der Waals surface area contributed by atoms with Gasteiger partial charge in [0.1, 0.15) is 6.61 Å². The van der Waals surface area contributed by atoms with E-state index in [1.54, 1.807) is 0 Å². The van der Waals surface area contributed by atoms with Gasteiger partial charge in [-0.05, 0) is 0 Å². The zero-order chi connectivity index (χ0) is 6.69. The number of hydrogen-bond donors (Lipinski definition) is 1. The van der Waals surface area contributed by atoms with Crippen molar-refractivity contribution in [2.75, 3.05) is 6.61 Å². The van der Waals surface area contributed by atoms with Crippen LogP contribution < -0.4 is 0 Å². The van der Waals surface area contributed by atoms with Gasteiger partial charge in [-0.2, -0.15) is 0 Å². The summed E-state index contributed by atoms with van der Waals surface area (Å²) in [4.78, 5) is 13.7. The van der Waals surface area contributed by atoms with Gasteiger partial charge in [-0.3, -0.25) is 4.99 Å². The van der Waals surface area contributed by atoms with Crippen LogP contribution in [0.15, 0.2) is 17.0 Å². The van der Waals surface area contributed by atoms with Gasteiger partial charge in [0.15, 0.2) is 0 Å². The Labute approximate surface area is 51.5 Å². The highest BCUT2D eigenvalue weighted by Gasteiger charge is 2.08. The molecule has 1 aliphatic rings. The molecule has 0 saturated carbocycles. The zero-order valence-electron chi connectivity index (χ0n) is 4.57. The van der Waals surface area contributed by atoms with Gasteiger partial charge in [-0.25, -0.2) is 4.79 Å². The van der Waals surface area contributed by atoms with E-state index in [9.17, 15) is 4.79 Å². The Balaban J connectivity index is 2.68. The minimum atomic E-state index is -1.08. The molecular weight excluding hydrogens is 122 g/mol. The predicted octanol–water partition coefficient (Wildman–Crippen LogP) is 0.0134. The van der Waals surface area contributed by atoms with E-state index in [1.165, 1.54) is 12.4 Å². The number of rotatable bonds is 1. The molecule has 1 aliphatic heterocycles. The maximum atomic E-state index is 10.1. The van der Waals surface area contributed by atoms with Crippen molar-refractivity contribution in [1.82, 2.24) is 0 Å². The second kappa shape index (κ2) is 2.30. The first kappa shape index (κ1) is 5.81. The molecule has 0 amide bonds. The lowest BCUT2D eigenvalue weighted by Crippen LogP contribution is -2.08. The van der Waals surface area contributed by atoms with E-state index in [0.29, 0.717) is 0 Å². The van der Waals surface area contributed by atoms with E-state index in [-0.39, 0.29) is 12.4 Å². The van der Waals surface area contributed by atoms with Crippen LogP contribution in [0.5, 0.6) is 0 Å². The fourth-order valence-corrected chi connectivity index (χ4v) is 0.445. The van der Waals surface area contributed by atoms with Crippen LogP contribution in [0.25, 0.3) is 0 Å². The molecular formula is C5H5NO3. The van der Waals surface area contributed by atoms with Gasteiger partial charge in [0.2, 0.25) is 5.76 Å². The normalized spacial score (nSPS) is 16.2. The molecule has 0 spiro atoms. The molecule has 0 aromatic carbocycles. The Bertz CT molecular complexity index is 183. The van der Waals surface area contributed by atoms with E-state index >= 15 is 0 Å². The first-order valence-corrected chi connectivity index (χ1v) is 2.38. The number of nitrogens with zero attached hydrogens (tertiary/aromatic N) is 1. The Morgan fingerprint density at radius 1 is 1.89 bits per heavy atom. The summed E-state index contributed by atoms with van der Waals surface area (Å²) in [6.07, 6.45) is 2.66. The lowest BCUT2D eigenvalue weighted by Gasteiger charge is -2.04. The third-order valence-corrected chi connectivity index (χ3v) is 0.821. The number of aliphatic carboxylic acids is 1. The third kappa shape index (κ3) is 1.28. The zero-order valence-corrected chi connectivity index (χ0v) is 4.57. The molecule has 0 bridgehead atoms. The van der Waals surface area contributed by atoms with Gasteiger partial charge in [0, 0.05) is 6.21 Å². The SMILES string of the molecule is O=C(O)C1=CN=CCO1. The molecule has 1 heterocycles. The second-order valence-electron chi connectivity index (χ2n) is 1.44. The van der Waals surface area contributed by atoms with Crippen LogP contribution >= 0.6 is 0 Å². The van der Waals surface area contributed by atoms with Crippen molar-refractivity contribution in [2.24, 2.45) is 4.99 Å². The molecule has 0 aromatic rings. The molecule has 0 fully saturated rings. The number of hydrogen-bond acceptors (Lipinski definition) is 3. The first-order valence-electron chi connectivity index (χ1n) is 2.38. The van der Waals surface area contributed by atoms with Crippen molar-refractivity contribution in [1.29, 1.82) is 0 Å². The van der Waals surface area contributed by atoms with E-state index in [2.05, 4.69) is 9.73 Å². The topological polar surface area (TPSA) is 58.9 Å². The molecule has 0 saturated heterocycles. The molecule has 1 N–H and O–H groups in total. The van der Waals surface area contributed by atoms with Crippen LogP contribution in [0.1, 0.15) is 0 Å². The summed E-state index contributed by atoms with van der Waals surface area (Å²) in [5, 5.41) is 8.27. The van der Waals surface area contributed by atoms with Crippen molar-refractivity contribution < 1.29 is 14.6 Å². The van der Waals surface area contributed by atoms with Gasteiger partial charge < -0.3 is 9.84 Å². The molecule has 1 rings (SSSR count). The minimum absolute atomic E-state index is 0.0995. The molecule has 0 atom stereocenters. The van der Waals surface area contributed by atoms with Gasteiger partial charge in [-0.15, -0.1) is 0 Å². The number of carboxylic acids is 1. The van der Waals surface area contributed by atoms with Crippen molar-refractivity contribution in [2.45, 2.75) is 0 Å². The molecule has 0 unspecified atom stereocenters. The Hall–Kier alpha value is -1.32. The lowest BCUT2D eigenvalue weighted by molar-refractivity contribution is -0.136. The van der Waals surface area contributed by atoms with Crippen LogP contribution in [-0.2, 0) is 9.53 Å². The molecule has 0 aliphatic carbocycles. The molecule has 9 heavy (non-hydrogen) atoms. The molecule has 4 heteroatoms. The third-order valence-electron chi connectivity index (χ3n) is 0.821. The summed E-state index contributed by atoms with van der Waals surface area (Å²) in [7, 11) is 0. The maximum absolute atomic E-state index is 10.1. The van der Waals surface area contributed by atoms with Crippen LogP contribution in [0.2, 0.25) is 0 Å². The van der Waals surface area contributed by atoms with Crippen LogP contribution in [0.3, 0.4) is 0 Å². The summed E-state index contributed by atoms with van der Waals surface area (Å²) in [6.45, 7) is 0.248. The average Bonchev–Trinajstić information content (AvgIpc) is 1.90. The standard InChI is InChI=1S/C5H5NO3/c7-5(8)4-3-6-1-2-9-4/h1,3H,2H2,(H,7,8). The highest BCUT2D eigenvalue weighted by molar-refractivity contribution is 5.85. The summed E-state index contributed by atoms with van der Waals surface area (Å²) >= 11 is 0. The smallest absolute Gasteiger partial charge is 0.372 e. The Morgan fingerprint density at radius 3 is 3.00 bits per heavy atom. The van der Waals surface area contributed by atoms with E-state index < -0.39 is 5.97 Å². The van der Waals surface area contributed by atoms with Crippen LogP contribution in [-0.4, -0.2) is 23.9 Å². The maximum Gasteiger partial charge on any atom is 0.372 e. The fourth-order valence-electron chi connectivity index (χ4n) is 0.445. The highest BCUT2D eigenvalue weighted by atomic mass is 16.5. The number of carbonyl (C=O) groups is 1. The largest absolute Gasteiger partial charge is 0.480 e. The van der Waals surface area contributed by atoms with Gasteiger partial charge in [0.05, 0.1) is 6.20 Å². The minimum Gasteiger partial charge on any atom is -0.480 e. The summed E-state index contributed by atoms with van der Waals surface area (Å²) in [5.74, 6) is -1.18. The summed E-state index contributed by atoms with van der Waals surface area (Å²) in [6, 6.07) is 0. The highest BCUT2D eigenvalue weighted by Crippen LogP contribution is 1.99. The Morgan fingerprint density at radius 2 is 2.67 bits per heavy atom. The van der Waals surface area contributed by atoms with Crippen molar-refractivity contribution in [3.63, 3.8) is 0 Å². The van der Waals surface area contributed by atoms with E-state index in [1.807, 2.05) is 0 Å². The molecule has 4 nitrogen and oxygen atoms in total. The van der Waals surface area contributed by atoms with Crippen molar-refractivity contribution in [3.05, 3.63) is 12.0 Å². The average molecular weight is 127 g/mol. The van der Waals surface area contributed by atoms with E-state index in [0.717, 1.165) is 0 Å². The monoisotopic (exact) mass is 127 g/mol. The lowest BCUT2D eigenvalue weighted by atomic mass is 10.5. The van der Waals surface area contributed by atoms with Crippen LogP contribution in [0, 0.1) is 0 Å². The molecule has 0 radical (unpaired) electrons. The van der Waals surface area contributed by atoms with E-state index in [4.69, 9.17) is 5.11 Å². The van der Waals surface area contributed by atoms with Gasteiger partial charge in [-0.1, -0.05) is 0 Å². The second-order valence-corrected chi connectivity index (χ2v) is 1.44. The predicted molar refractivity (Wildman–Crippen MR) is 30.2 cm³/mol. The first-order chi connectivity index (χ1) is 4.30. The number of carboxylic acid groups (broad SMARTS) is 1. The summed E-state index contributed by atoms with van der Waals surface area (Å²) < 4.78 is 4.65. The van der Waals surface area contributed by atoms with Crippen LogP contribution in [0.4, 0.5) is 0 Å². The van der Waals surface area contributed by atoms with Gasteiger partial charge >= 0.3 is 5.97 Å². The fraction of sp³-hybridized carbons (Fsp3) is 0.200. The summed E-state index contributed by atoms with van der Waals surface area (Å²) in [5.41, 5.74) is 0. The molecule has 48 valence electrons. The Kier molecular flexibility index (Phi) is 1.48. The van der Waals surface area contributed by atoms with Gasteiger partial charge in [0.25, 0.3) is 0 Å². The quantitative estimate of drug-likeness (QED) is 0.539. The number of ether oxygens (including phenoxy) is 1. The van der Waals surface area contributed by atoms with Crippen molar-refractivity contribution in [3.8, 4) is 0 Å².